The van der Waals surface area contributed by atoms with Gasteiger partial charge in [-0.25, -0.2) is 9.50 Å². The smallest absolute Gasteiger partial charge is 0.292 e. The van der Waals surface area contributed by atoms with Gasteiger partial charge in [-0.15, -0.1) is 0 Å². The average molecular weight is 325 g/mol. The molecule has 7 nitrogen and oxygen atoms in total. The highest BCUT2D eigenvalue weighted by Crippen LogP contribution is 2.28. The SMILES string of the molecule is CCc1cc(C(=O)N2CCC(c3ccnc4ccnn34)CC2)on1. The van der Waals surface area contributed by atoms with E-state index >= 15 is 0 Å². The molecule has 0 spiro atoms. The minimum absolute atomic E-state index is 0.0698. The fourth-order valence-corrected chi connectivity index (χ4v) is 3.28. The number of likely N-dealkylation sites (tertiary alicyclic amines) is 1. The molecule has 0 bridgehead atoms. The van der Waals surface area contributed by atoms with Gasteiger partial charge in [0.15, 0.2) is 5.65 Å². The third kappa shape index (κ3) is 2.55. The molecule has 124 valence electrons. The highest BCUT2D eigenvalue weighted by molar-refractivity contribution is 5.91. The van der Waals surface area contributed by atoms with E-state index in [4.69, 9.17) is 4.52 Å². The summed E-state index contributed by atoms with van der Waals surface area (Å²) in [7, 11) is 0. The Morgan fingerprint density at radius 1 is 1.29 bits per heavy atom. The number of nitrogens with zero attached hydrogens (tertiary/aromatic N) is 5. The van der Waals surface area contributed by atoms with Gasteiger partial charge in [0.2, 0.25) is 5.76 Å². The van der Waals surface area contributed by atoms with Crippen LogP contribution in [0.15, 0.2) is 35.1 Å². The molecule has 1 saturated heterocycles. The molecule has 3 aromatic heterocycles. The van der Waals surface area contributed by atoms with Crippen LogP contribution < -0.4 is 0 Å². The van der Waals surface area contributed by atoms with Gasteiger partial charge in [0.1, 0.15) is 0 Å². The summed E-state index contributed by atoms with van der Waals surface area (Å²) in [4.78, 5) is 18.7. The van der Waals surface area contributed by atoms with E-state index in [0.717, 1.165) is 36.3 Å². The van der Waals surface area contributed by atoms with E-state index in [1.807, 2.05) is 34.7 Å². The van der Waals surface area contributed by atoms with E-state index in [2.05, 4.69) is 15.2 Å². The minimum atomic E-state index is -0.0698. The standard InChI is InChI=1S/C17H19N5O2/c1-2-13-11-15(24-20-13)17(23)21-9-5-12(6-10-21)14-3-7-18-16-4-8-19-22(14)16/h3-4,7-8,11-12H,2,5-6,9-10H2,1H3. The predicted octanol–water partition coefficient (Wildman–Crippen LogP) is 2.30. The number of hydrogen-bond acceptors (Lipinski definition) is 5. The molecule has 1 aliphatic heterocycles. The topological polar surface area (TPSA) is 76.5 Å². The highest BCUT2D eigenvalue weighted by Gasteiger charge is 2.28. The molecule has 0 atom stereocenters. The van der Waals surface area contributed by atoms with Crippen LogP contribution in [0.1, 0.15) is 47.6 Å². The Hall–Kier alpha value is -2.70. The largest absolute Gasteiger partial charge is 0.351 e. The Kier molecular flexibility index (Phi) is 3.76. The third-order valence-electron chi connectivity index (χ3n) is 4.65. The maximum Gasteiger partial charge on any atom is 0.292 e. The summed E-state index contributed by atoms with van der Waals surface area (Å²) in [5.74, 6) is 0.642. The lowest BCUT2D eigenvalue weighted by Crippen LogP contribution is -2.38. The van der Waals surface area contributed by atoms with Crippen LogP contribution in [0.25, 0.3) is 5.65 Å². The molecule has 4 rings (SSSR count). The molecule has 3 aromatic rings. The third-order valence-corrected chi connectivity index (χ3v) is 4.65. The van der Waals surface area contributed by atoms with E-state index < -0.39 is 0 Å². The van der Waals surface area contributed by atoms with E-state index in [0.29, 0.717) is 24.8 Å². The first-order valence-electron chi connectivity index (χ1n) is 8.29. The molecular formula is C17H19N5O2. The molecule has 1 aliphatic rings. The molecule has 1 amide bonds. The molecule has 0 saturated carbocycles. The van der Waals surface area contributed by atoms with Crippen LogP contribution in [0.2, 0.25) is 0 Å². The fourth-order valence-electron chi connectivity index (χ4n) is 3.28. The van der Waals surface area contributed by atoms with Gasteiger partial charge in [-0.1, -0.05) is 12.1 Å². The molecule has 24 heavy (non-hydrogen) atoms. The predicted molar refractivity (Wildman–Crippen MR) is 86.7 cm³/mol. The summed E-state index contributed by atoms with van der Waals surface area (Å²) in [5, 5.41) is 8.26. The number of hydrogen-bond donors (Lipinski definition) is 0. The van der Waals surface area contributed by atoms with Crippen LogP contribution in [0.3, 0.4) is 0 Å². The number of carbonyl (C=O) groups is 1. The van der Waals surface area contributed by atoms with Gasteiger partial charge in [0.05, 0.1) is 11.9 Å². The van der Waals surface area contributed by atoms with Crippen LogP contribution in [-0.2, 0) is 6.42 Å². The zero-order valence-electron chi connectivity index (χ0n) is 13.6. The first-order valence-corrected chi connectivity index (χ1v) is 8.29. The molecule has 1 fully saturated rings. The number of amides is 1. The van der Waals surface area contributed by atoms with Crippen LogP contribution in [-0.4, -0.2) is 43.7 Å². The Labute approximate surface area is 139 Å². The van der Waals surface area contributed by atoms with Gasteiger partial charge >= 0.3 is 0 Å². The number of aryl methyl sites for hydroxylation is 1. The summed E-state index contributed by atoms with van der Waals surface area (Å²) >= 11 is 0. The number of piperidine rings is 1. The van der Waals surface area contributed by atoms with Crippen LogP contribution in [0.5, 0.6) is 0 Å². The number of carbonyl (C=O) groups excluding carboxylic acids is 1. The van der Waals surface area contributed by atoms with Crippen molar-refractivity contribution in [2.45, 2.75) is 32.1 Å². The first kappa shape index (κ1) is 14.9. The molecule has 0 radical (unpaired) electrons. The van der Waals surface area contributed by atoms with Gasteiger partial charge in [0.25, 0.3) is 5.91 Å². The van der Waals surface area contributed by atoms with Crippen molar-refractivity contribution in [1.82, 2.24) is 24.7 Å². The van der Waals surface area contributed by atoms with Crippen molar-refractivity contribution in [2.24, 2.45) is 0 Å². The Bertz CT molecular complexity index is 861. The lowest BCUT2D eigenvalue weighted by molar-refractivity contribution is 0.0669. The van der Waals surface area contributed by atoms with Crippen molar-refractivity contribution in [3.8, 4) is 0 Å². The molecule has 0 aliphatic carbocycles. The van der Waals surface area contributed by atoms with Gasteiger partial charge in [-0.2, -0.15) is 5.10 Å². The fraction of sp³-hybridized carbons (Fsp3) is 0.412. The van der Waals surface area contributed by atoms with Crippen molar-refractivity contribution in [3.05, 3.63) is 47.7 Å². The van der Waals surface area contributed by atoms with E-state index in [1.165, 1.54) is 0 Å². The maximum atomic E-state index is 12.5. The van der Waals surface area contributed by atoms with E-state index in [1.54, 1.807) is 12.3 Å². The van der Waals surface area contributed by atoms with E-state index in [9.17, 15) is 4.79 Å². The lowest BCUT2D eigenvalue weighted by Gasteiger charge is -2.31. The number of fused-ring (bicyclic) bond motifs is 1. The molecule has 0 aromatic carbocycles. The molecule has 0 unspecified atom stereocenters. The van der Waals surface area contributed by atoms with Crippen LogP contribution in [0.4, 0.5) is 0 Å². The minimum Gasteiger partial charge on any atom is -0.351 e. The van der Waals surface area contributed by atoms with Crippen molar-refractivity contribution in [3.63, 3.8) is 0 Å². The monoisotopic (exact) mass is 325 g/mol. The second-order valence-corrected chi connectivity index (χ2v) is 6.07. The first-order chi connectivity index (χ1) is 11.8. The van der Waals surface area contributed by atoms with Gasteiger partial charge < -0.3 is 9.42 Å². The molecule has 4 heterocycles. The lowest BCUT2D eigenvalue weighted by atomic mass is 9.93. The van der Waals surface area contributed by atoms with Gasteiger partial charge in [-0.05, 0) is 25.3 Å². The second-order valence-electron chi connectivity index (χ2n) is 6.07. The maximum absolute atomic E-state index is 12.5. The van der Waals surface area contributed by atoms with Gasteiger partial charge in [-0.3, -0.25) is 4.79 Å². The van der Waals surface area contributed by atoms with Crippen LogP contribution in [0, 0.1) is 0 Å². The van der Waals surface area contributed by atoms with Gasteiger partial charge in [0, 0.05) is 43.0 Å². The van der Waals surface area contributed by atoms with Crippen molar-refractivity contribution >= 4 is 11.6 Å². The Balaban J connectivity index is 1.47. The summed E-state index contributed by atoms with van der Waals surface area (Å²) in [5.41, 5.74) is 2.83. The Morgan fingerprint density at radius 3 is 2.88 bits per heavy atom. The van der Waals surface area contributed by atoms with Crippen molar-refractivity contribution in [1.29, 1.82) is 0 Å². The normalized spacial score (nSPS) is 16.0. The molecule has 0 N–H and O–H groups in total. The highest BCUT2D eigenvalue weighted by atomic mass is 16.5. The summed E-state index contributed by atoms with van der Waals surface area (Å²) in [6, 6.07) is 5.66. The zero-order valence-corrected chi connectivity index (χ0v) is 13.6. The Morgan fingerprint density at radius 2 is 2.12 bits per heavy atom. The second kappa shape index (κ2) is 6.07. The number of aromatic nitrogens is 4. The zero-order chi connectivity index (χ0) is 16.5. The summed E-state index contributed by atoms with van der Waals surface area (Å²) < 4.78 is 7.06. The summed E-state index contributed by atoms with van der Waals surface area (Å²) in [6.45, 7) is 3.40. The summed E-state index contributed by atoms with van der Waals surface area (Å²) in [6.07, 6.45) is 6.16. The molecular weight excluding hydrogens is 306 g/mol. The van der Waals surface area contributed by atoms with Crippen molar-refractivity contribution in [2.75, 3.05) is 13.1 Å². The number of rotatable bonds is 3. The quantitative estimate of drug-likeness (QED) is 0.738. The van der Waals surface area contributed by atoms with E-state index in [-0.39, 0.29) is 5.91 Å². The van der Waals surface area contributed by atoms with Crippen LogP contribution >= 0.6 is 0 Å². The average Bonchev–Trinajstić information content (AvgIpc) is 3.30. The van der Waals surface area contributed by atoms with Crippen molar-refractivity contribution < 1.29 is 9.32 Å². The molecule has 7 heteroatoms.